The number of halogens is 1. The summed E-state index contributed by atoms with van der Waals surface area (Å²) in [6.45, 7) is 1.67. The van der Waals surface area contributed by atoms with Crippen LogP contribution in [-0.4, -0.2) is 49.3 Å². The molecule has 0 spiro atoms. The van der Waals surface area contributed by atoms with E-state index in [1.807, 2.05) is 6.07 Å². The fourth-order valence-corrected chi connectivity index (χ4v) is 5.77. The first-order chi connectivity index (χ1) is 16.8. The molecule has 2 aliphatic carbocycles. The predicted molar refractivity (Wildman–Crippen MR) is 125 cm³/mol. The summed E-state index contributed by atoms with van der Waals surface area (Å²) in [6, 6.07) is 10.2. The Morgan fingerprint density at radius 1 is 1.20 bits per heavy atom. The van der Waals surface area contributed by atoms with Crippen molar-refractivity contribution in [3.8, 4) is 0 Å². The van der Waals surface area contributed by atoms with E-state index in [0.29, 0.717) is 40.9 Å². The number of ketones is 1. The highest BCUT2D eigenvalue weighted by Crippen LogP contribution is 2.58. The van der Waals surface area contributed by atoms with Crippen molar-refractivity contribution in [3.63, 3.8) is 0 Å². The topological polar surface area (TPSA) is 111 Å². The Morgan fingerprint density at radius 3 is 2.71 bits per heavy atom. The Morgan fingerprint density at radius 2 is 1.97 bits per heavy atom. The lowest BCUT2D eigenvalue weighted by molar-refractivity contribution is -0.139. The SMILES string of the molecule is Cc1cc2c(C(N)=O)nn(CC(=O)N3[C@@H]4C[C@@H]4C[C@H]3C(=O)C[C@H]3C[C@]3(F)c3ccccc3)c2cn1. The highest BCUT2D eigenvalue weighted by molar-refractivity contribution is 6.04. The minimum Gasteiger partial charge on any atom is -0.364 e. The van der Waals surface area contributed by atoms with Crippen molar-refractivity contribution in [2.75, 3.05) is 0 Å². The molecule has 180 valence electrons. The molecule has 3 aromatic rings. The number of likely N-dealkylation sites (tertiary alicyclic amines) is 1. The summed E-state index contributed by atoms with van der Waals surface area (Å²) in [5.41, 5.74) is 5.98. The number of fused-ring (bicyclic) bond motifs is 2. The van der Waals surface area contributed by atoms with Crippen LogP contribution >= 0.6 is 0 Å². The van der Waals surface area contributed by atoms with Crippen molar-refractivity contribution in [2.45, 2.75) is 56.9 Å². The number of pyridine rings is 1. The van der Waals surface area contributed by atoms with E-state index in [1.54, 1.807) is 48.4 Å². The first-order valence-corrected chi connectivity index (χ1v) is 12.0. The molecule has 2 aromatic heterocycles. The number of piperidine rings is 1. The van der Waals surface area contributed by atoms with Gasteiger partial charge in [-0.05, 0) is 43.7 Å². The number of amides is 2. The van der Waals surface area contributed by atoms with Crippen LogP contribution in [0, 0.1) is 18.8 Å². The van der Waals surface area contributed by atoms with Gasteiger partial charge in [-0.15, -0.1) is 0 Å². The van der Waals surface area contributed by atoms with E-state index in [4.69, 9.17) is 5.73 Å². The molecule has 0 radical (unpaired) electrons. The number of hydrogen-bond acceptors (Lipinski definition) is 5. The molecular weight excluding hydrogens is 449 g/mol. The molecule has 1 aliphatic heterocycles. The van der Waals surface area contributed by atoms with Crippen LogP contribution in [0.15, 0.2) is 42.6 Å². The van der Waals surface area contributed by atoms with Gasteiger partial charge in [-0.2, -0.15) is 5.10 Å². The molecule has 0 unspecified atom stereocenters. The second-order valence-corrected chi connectivity index (χ2v) is 10.1. The molecule has 5 atom stereocenters. The number of carbonyl (C=O) groups is 3. The molecule has 9 heteroatoms. The monoisotopic (exact) mass is 475 g/mol. The Balaban J connectivity index is 1.20. The van der Waals surface area contributed by atoms with E-state index >= 15 is 4.39 Å². The summed E-state index contributed by atoms with van der Waals surface area (Å²) in [7, 11) is 0. The number of aromatic nitrogens is 3. The number of rotatable bonds is 7. The number of aryl methyl sites for hydroxylation is 1. The van der Waals surface area contributed by atoms with Crippen molar-refractivity contribution >= 4 is 28.5 Å². The number of nitrogens with zero attached hydrogens (tertiary/aromatic N) is 4. The van der Waals surface area contributed by atoms with Crippen LogP contribution in [0.2, 0.25) is 0 Å². The molecule has 3 fully saturated rings. The van der Waals surface area contributed by atoms with Crippen molar-refractivity contribution in [3.05, 3.63) is 59.5 Å². The smallest absolute Gasteiger partial charge is 0.269 e. The molecule has 3 aliphatic rings. The molecule has 2 N–H and O–H groups in total. The molecular formula is C26H26FN5O3. The number of nitrogens with two attached hydrogens (primary N) is 1. The minimum absolute atomic E-state index is 0.0396. The third-order valence-electron chi connectivity index (χ3n) is 7.79. The van der Waals surface area contributed by atoms with Crippen LogP contribution in [0.5, 0.6) is 0 Å². The second kappa shape index (κ2) is 7.69. The molecule has 35 heavy (non-hydrogen) atoms. The molecule has 2 amide bonds. The maximum Gasteiger partial charge on any atom is 0.269 e. The summed E-state index contributed by atoms with van der Waals surface area (Å²) in [5.74, 6) is -1.03. The maximum absolute atomic E-state index is 15.3. The molecule has 2 saturated carbocycles. The number of benzene rings is 1. The highest BCUT2D eigenvalue weighted by atomic mass is 19.1. The van der Waals surface area contributed by atoms with Gasteiger partial charge >= 0.3 is 0 Å². The first kappa shape index (κ1) is 21.9. The largest absolute Gasteiger partial charge is 0.364 e. The van der Waals surface area contributed by atoms with Gasteiger partial charge in [0.2, 0.25) is 5.91 Å². The zero-order valence-corrected chi connectivity index (χ0v) is 19.4. The van der Waals surface area contributed by atoms with Gasteiger partial charge in [0.1, 0.15) is 12.2 Å². The lowest BCUT2D eigenvalue weighted by Gasteiger charge is -2.27. The molecule has 0 bridgehead atoms. The van der Waals surface area contributed by atoms with Crippen LogP contribution in [-0.2, 0) is 21.8 Å². The van der Waals surface area contributed by atoms with Crippen LogP contribution in [0.3, 0.4) is 0 Å². The Hall–Kier alpha value is -3.62. The van der Waals surface area contributed by atoms with E-state index in [-0.39, 0.29) is 42.3 Å². The van der Waals surface area contributed by atoms with Crippen molar-refractivity contribution in [1.82, 2.24) is 19.7 Å². The summed E-state index contributed by atoms with van der Waals surface area (Å²) in [5, 5.41) is 4.83. The van der Waals surface area contributed by atoms with E-state index in [1.165, 1.54) is 4.68 Å². The van der Waals surface area contributed by atoms with Crippen molar-refractivity contribution in [1.29, 1.82) is 0 Å². The molecule has 1 saturated heterocycles. The summed E-state index contributed by atoms with van der Waals surface area (Å²) < 4.78 is 16.8. The lowest BCUT2D eigenvalue weighted by atomic mass is 9.99. The van der Waals surface area contributed by atoms with Crippen LogP contribution in [0.25, 0.3) is 10.9 Å². The van der Waals surface area contributed by atoms with E-state index in [2.05, 4.69) is 10.1 Å². The molecule has 8 nitrogen and oxygen atoms in total. The zero-order chi connectivity index (χ0) is 24.5. The van der Waals surface area contributed by atoms with Gasteiger partial charge in [0, 0.05) is 29.5 Å². The van der Waals surface area contributed by atoms with Crippen LogP contribution < -0.4 is 5.73 Å². The van der Waals surface area contributed by atoms with E-state index in [9.17, 15) is 14.4 Å². The number of hydrogen-bond donors (Lipinski definition) is 1. The number of Topliss-reactive ketones (excluding diaryl/α,β-unsaturated/α-hetero) is 1. The average molecular weight is 476 g/mol. The number of alkyl halides is 1. The third kappa shape index (κ3) is 3.61. The Kier molecular flexibility index (Phi) is 4.81. The van der Waals surface area contributed by atoms with Gasteiger partial charge < -0.3 is 10.6 Å². The molecule has 3 heterocycles. The van der Waals surface area contributed by atoms with Gasteiger partial charge in [-0.1, -0.05) is 30.3 Å². The van der Waals surface area contributed by atoms with Crippen molar-refractivity contribution in [2.24, 2.45) is 17.6 Å². The van der Waals surface area contributed by atoms with Gasteiger partial charge in [0.25, 0.3) is 5.91 Å². The molecule has 6 rings (SSSR count). The molecule has 1 aromatic carbocycles. The van der Waals surface area contributed by atoms with Gasteiger partial charge in [-0.25, -0.2) is 4.39 Å². The van der Waals surface area contributed by atoms with Gasteiger partial charge in [0.15, 0.2) is 11.5 Å². The van der Waals surface area contributed by atoms with E-state index in [0.717, 1.165) is 6.42 Å². The summed E-state index contributed by atoms with van der Waals surface area (Å²) >= 11 is 0. The third-order valence-corrected chi connectivity index (χ3v) is 7.79. The summed E-state index contributed by atoms with van der Waals surface area (Å²) in [4.78, 5) is 44.5. The Labute approximate surface area is 201 Å². The van der Waals surface area contributed by atoms with Crippen LogP contribution in [0.4, 0.5) is 4.39 Å². The number of carbonyl (C=O) groups excluding carboxylic acids is 3. The number of primary amides is 1. The van der Waals surface area contributed by atoms with Crippen molar-refractivity contribution < 1.29 is 18.8 Å². The fraction of sp³-hybridized carbons (Fsp3) is 0.423. The quantitative estimate of drug-likeness (QED) is 0.565. The van der Waals surface area contributed by atoms with Gasteiger partial charge in [0.05, 0.1) is 17.8 Å². The fourth-order valence-electron chi connectivity index (χ4n) is 5.77. The average Bonchev–Trinajstić information content (AvgIpc) is 3.65. The zero-order valence-electron chi connectivity index (χ0n) is 19.4. The lowest BCUT2D eigenvalue weighted by Crippen LogP contribution is -2.45. The Bertz CT molecular complexity index is 1370. The van der Waals surface area contributed by atoms with E-state index < -0.39 is 17.6 Å². The highest BCUT2D eigenvalue weighted by Gasteiger charge is 2.60. The predicted octanol–water partition coefficient (Wildman–Crippen LogP) is 2.67. The van der Waals surface area contributed by atoms with Gasteiger partial charge in [-0.3, -0.25) is 24.0 Å². The minimum atomic E-state index is -1.46. The summed E-state index contributed by atoms with van der Waals surface area (Å²) in [6.07, 6.45) is 3.53. The second-order valence-electron chi connectivity index (χ2n) is 10.1. The van der Waals surface area contributed by atoms with Crippen LogP contribution in [0.1, 0.15) is 47.4 Å². The standard InChI is InChI=1S/C26H26FN5O3/c1-14-7-18-21(12-29-14)31(30-24(18)25(28)35)13-23(34)32-19-8-15(19)9-20(32)22(33)10-17-11-26(17,27)16-5-3-2-4-6-16/h2-7,12,15,17,19-20H,8-11,13H2,1H3,(H2,28,35)/t15-,17+,19-,20+,26+/m1/s1. The maximum atomic E-state index is 15.3. The first-order valence-electron chi connectivity index (χ1n) is 12.0. The normalized spacial score (nSPS) is 28.7.